The maximum Gasteiger partial charge on any atom is 0.0753 e. The van der Waals surface area contributed by atoms with E-state index in [0.717, 1.165) is 89.9 Å². The highest BCUT2D eigenvalue weighted by atomic mass is 14.8. The van der Waals surface area contributed by atoms with Crippen LogP contribution in [0.25, 0.3) is 91.4 Å². The Kier molecular flexibility index (Phi) is 6.61. The van der Waals surface area contributed by atoms with E-state index in [1.807, 2.05) is 97.1 Å². The molecule has 0 saturated carbocycles. The van der Waals surface area contributed by atoms with E-state index in [4.69, 9.17) is 29.9 Å². The molecule has 7 aromatic rings. The van der Waals surface area contributed by atoms with Crippen LogP contribution < -0.4 is 0 Å². The summed E-state index contributed by atoms with van der Waals surface area (Å²) in [6.45, 7) is 0. The molecular weight excluding hydrogens is 592 g/mol. The van der Waals surface area contributed by atoms with Crippen molar-refractivity contribution < 1.29 is 0 Å². The van der Waals surface area contributed by atoms with E-state index in [1.165, 1.54) is 0 Å². The van der Waals surface area contributed by atoms with Crippen molar-refractivity contribution >= 4 is 46.4 Å². The summed E-state index contributed by atoms with van der Waals surface area (Å²) in [5.41, 5.74) is 13.4. The van der Waals surface area contributed by atoms with Crippen LogP contribution in [0.3, 0.4) is 0 Å². The average Bonchev–Trinajstić information content (AvgIpc) is 3.98. The van der Waals surface area contributed by atoms with Crippen molar-refractivity contribution in [2.45, 2.75) is 0 Å². The van der Waals surface area contributed by atoms with Gasteiger partial charge in [-0.15, -0.1) is 0 Å². The van der Waals surface area contributed by atoms with Gasteiger partial charge in [0.15, 0.2) is 0 Å². The van der Waals surface area contributed by atoms with Gasteiger partial charge in [-0.05, 0) is 97.1 Å². The van der Waals surface area contributed by atoms with Crippen molar-refractivity contribution in [2.24, 2.45) is 0 Å². The molecule has 0 radical (unpaired) electrons. The molecule has 226 valence electrons. The van der Waals surface area contributed by atoms with Crippen LogP contribution in [0.15, 0.2) is 122 Å². The summed E-state index contributed by atoms with van der Waals surface area (Å²) in [6.07, 6.45) is 15.4. The van der Waals surface area contributed by atoms with Crippen molar-refractivity contribution in [2.75, 3.05) is 0 Å². The lowest BCUT2D eigenvalue weighted by molar-refractivity contribution is 1.26. The second-order valence-corrected chi connectivity index (χ2v) is 11.4. The van der Waals surface area contributed by atoms with Crippen LogP contribution in [-0.2, 0) is 0 Å². The molecule has 2 N–H and O–H groups in total. The fourth-order valence-electron chi connectivity index (χ4n) is 6.33. The molecule has 0 unspecified atom stereocenters. The Labute approximate surface area is 275 Å². The van der Waals surface area contributed by atoms with Crippen LogP contribution in [0.2, 0.25) is 0 Å². The molecule has 8 heteroatoms. The minimum Gasteiger partial charge on any atom is -0.354 e. The zero-order chi connectivity index (χ0) is 31.9. The number of aromatic nitrogens is 8. The number of hydrogen-bond acceptors (Lipinski definition) is 6. The highest BCUT2D eigenvalue weighted by Crippen LogP contribution is 2.36. The van der Waals surface area contributed by atoms with Gasteiger partial charge < -0.3 is 9.97 Å². The number of nitrogens with zero attached hydrogens (tertiary/aromatic N) is 6. The Balaban J connectivity index is 1.49. The first-order valence-corrected chi connectivity index (χ1v) is 15.6. The monoisotopic (exact) mass is 618 g/mol. The third-order valence-corrected chi connectivity index (χ3v) is 8.44. The molecule has 7 aromatic heterocycles. The number of hydrogen-bond donors (Lipinski definition) is 2. The second-order valence-electron chi connectivity index (χ2n) is 11.4. The molecule has 0 fully saturated rings. The van der Waals surface area contributed by atoms with Gasteiger partial charge in [-0.25, -0.2) is 9.97 Å². The summed E-state index contributed by atoms with van der Waals surface area (Å²) >= 11 is 0. The zero-order valence-corrected chi connectivity index (χ0v) is 25.5. The first-order chi connectivity index (χ1) is 23.8. The molecule has 0 spiro atoms. The van der Waals surface area contributed by atoms with E-state index in [-0.39, 0.29) is 0 Å². The van der Waals surface area contributed by atoms with Crippen molar-refractivity contribution in [3.63, 3.8) is 0 Å². The standard InChI is InChI=1S/C40H26N8/c1-5-21-41-25(9-1)37-29-13-15-31(45-29)38(26-10-2-6-22-42-26)33-17-19-35(47-33)40(28-12-4-8-24-44-28)36-20-18-34(48-36)39(27-11-3-7-23-43-27)32-16-14-30(37)46-32/h1-24,45,48H. The smallest absolute Gasteiger partial charge is 0.0753 e. The van der Waals surface area contributed by atoms with Crippen molar-refractivity contribution in [1.82, 2.24) is 39.9 Å². The van der Waals surface area contributed by atoms with Crippen LogP contribution in [0.1, 0.15) is 22.8 Å². The first kappa shape index (κ1) is 27.5. The van der Waals surface area contributed by atoms with Gasteiger partial charge in [0.05, 0.1) is 67.6 Å². The minimum atomic E-state index is 0.790. The Hall–Kier alpha value is -6.80. The van der Waals surface area contributed by atoms with E-state index >= 15 is 0 Å². The second kappa shape index (κ2) is 11.5. The van der Waals surface area contributed by atoms with Crippen molar-refractivity contribution in [3.8, 4) is 45.0 Å². The number of pyridine rings is 4. The number of aromatic amines is 2. The lowest BCUT2D eigenvalue weighted by Gasteiger charge is -2.05. The SMILES string of the molecule is C1=Cc2nc1c(-c1ccccn1)c1ccc([nH]1)c(-c1ccccn1)c1nc(c(-c3ccccn3)c3ccc([nH]3)c2-c2ccccn2)C=C1. The van der Waals surface area contributed by atoms with Crippen LogP contribution in [0.5, 0.6) is 0 Å². The third kappa shape index (κ3) is 4.80. The minimum absolute atomic E-state index is 0.790. The largest absolute Gasteiger partial charge is 0.354 e. The molecule has 0 aliphatic carbocycles. The third-order valence-electron chi connectivity index (χ3n) is 8.44. The maximum atomic E-state index is 5.24. The first-order valence-electron chi connectivity index (χ1n) is 15.6. The molecule has 0 saturated heterocycles. The Bertz CT molecular complexity index is 2190. The predicted octanol–water partition coefficient (Wildman–Crippen LogP) is 8.90. The van der Waals surface area contributed by atoms with Gasteiger partial charge in [-0.3, -0.25) is 19.9 Å². The van der Waals surface area contributed by atoms with E-state index in [1.54, 1.807) is 24.8 Å². The molecule has 8 nitrogen and oxygen atoms in total. The van der Waals surface area contributed by atoms with Crippen LogP contribution in [0.4, 0.5) is 0 Å². The van der Waals surface area contributed by atoms with Gasteiger partial charge in [0.25, 0.3) is 0 Å². The lowest BCUT2D eigenvalue weighted by Crippen LogP contribution is -1.92. The molecule has 0 aromatic carbocycles. The Morgan fingerprint density at radius 2 is 0.583 bits per heavy atom. The summed E-state index contributed by atoms with van der Waals surface area (Å²) in [4.78, 5) is 36.9. The summed E-state index contributed by atoms with van der Waals surface area (Å²) in [6, 6.07) is 32.0. The molecule has 9 rings (SSSR count). The van der Waals surface area contributed by atoms with Gasteiger partial charge in [-0.2, -0.15) is 0 Å². The number of fused-ring (bicyclic) bond motifs is 8. The topological polar surface area (TPSA) is 109 Å². The number of H-pyrrole nitrogens is 2. The number of nitrogens with one attached hydrogen (secondary N) is 2. The summed E-state index contributed by atoms with van der Waals surface area (Å²) in [5.74, 6) is 0. The van der Waals surface area contributed by atoms with E-state index in [0.29, 0.717) is 0 Å². The molecule has 48 heavy (non-hydrogen) atoms. The predicted molar refractivity (Wildman–Crippen MR) is 192 cm³/mol. The van der Waals surface area contributed by atoms with Gasteiger partial charge in [0, 0.05) is 47.0 Å². The molecule has 0 atom stereocenters. The van der Waals surface area contributed by atoms with Gasteiger partial charge in [0.1, 0.15) is 0 Å². The van der Waals surface area contributed by atoms with Gasteiger partial charge in [0.2, 0.25) is 0 Å². The molecule has 9 heterocycles. The van der Waals surface area contributed by atoms with Crippen molar-refractivity contribution in [1.29, 1.82) is 0 Å². The van der Waals surface area contributed by atoms with E-state index < -0.39 is 0 Å². The Morgan fingerprint density at radius 3 is 0.812 bits per heavy atom. The molecule has 2 aliphatic heterocycles. The van der Waals surface area contributed by atoms with Gasteiger partial charge >= 0.3 is 0 Å². The highest BCUT2D eigenvalue weighted by Gasteiger charge is 2.19. The van der Waals surface area contributed by atoms with Crippen LogP contribution in [0, 0.1) is 0 Å². The fourth-order valence-corrected chi connectivity index (χ4v) is 6.33. The fraction of sp³-hybridized carbons (Fsp3) is 0. The Morgan fingerprint density at radius 1 is 0.312 bits per heavy atom. The average molecular weight is 619 g/mol. The van der Waals surface area contributed by atoms with Crippen LogP contribution >= 0.6 is 0 Å². The molecule has 8 bridgehead atoms. The zero-order valence-electron chi connectivity index (χ0n) is 25.5. The lowest BCUT2D eigenvalue weighted by atomic mass is 10.1. The van der Waals surface area contributed by atoms with E-state index in [2.05, 4.69) is 34.2 Å². The molecule has 0 amide bonds. The summed E-state index contributed by atoms with van der Waals surface area (Å²) in [7, 11) is 0. The van der Waals surface area contributed by atoms with E-state index in [9.17, 15) is 0 Å². The molecule has 2 aliphatic rings. The maximum absolute atomic E-state index is 5.24. The van der Waals surface area contributed by atoms with Gasteiger partial charge in [-0.1, -0.05) is 24.3 Å². The quantitative estimate of drug-likeness (QED) is 0.204. The number of rotatable bonds is 4. The highest BCUT2D eigenvalue weighted by molar-refractivity contribution is 5.98. The van der Waals surface area contributed by atoms with Crippen LogP contribution in [-0.4, -0.2) is 39.9 Å². The summed E-state index contributed by atoms with van der Waals surface area (Å²) in [5, 5.41) is 0. The van der Waals surface area contributed by atoms with Crippen molar-refractivity contribution in [3.05, 3.63) is 145 Å². The molecular formula is C40H26N8. The summed E-state index contributed by atoms with van der Waals surface area (Å²) < 4.78 is 0. The normalized spacial score (nSPS) is 12.0.